The highest BCUT2D eigenvalue weighted by atomic mass is 32.1. The van der Waals surface area contributed by atoms with Gasteiger partial charge in [0, 0.05) is 13.1 Å². The Labute approximate surface area is 172 Å². The van der Waals surface area contributed by atoms with Crippen LogP contribution in [-0.4, -0.2) is 31.5 Å². The van der Waals surface area contributed by atoms with Gasteiger partial charge < -0.3 is 4.90 Å². The fraction of sp³-hybridized carbons (Fsp3) is 0.318. The fourth-order valence-electron chi connectivity index (χ4n) is 4.35. The second kappa shape index (κ2) is 6.84. The molecule has 1 aliphatic heterocycles. The molecule has 4 heterocycles. The molecular formula is C22H22N4O2S. The topological polar surface area (TPSA) is 59.6 Å². The number of thiophene rings is 1. The van der Waals surface area contributed by atoms with Gasteiger partial charge in [0.05, 0.1) is 10.2 Å². The lowest BCUT2D eigenvalue weighted by molar-refractivity contribution is -0.136. The van der Waals surface area contributed by atoms with E-state index < -0.39 is 6.04 Å². The molecule has 4 aromatic rings. The van der Waals surface area contributed by atoms with Crippen LogP contribution in [0.2, 0.25) is 0 Å². The number of carbonyl (C=O) groups excluding carboxylic acids is 1. The maximum absolute atomic E-state index is 13.4. The first-order valence-electron chi connectivity index (χ1n) is 9.92. The lowest BCUT2D eigenvalue weighted by Crippen LogP contribution is -2.43. The number of carbonyl (C=O) groups is 1. The first kappa shape index (κ1) is 18.1. The monoisotopic (exact) mass is 406 g/mol. The summed E-state index contributed by atoms with van der Waals surface area (Å²) < 4.78 is 4.34. The van der Waals surface area contributed by atoms with E-state index in [1.54, 1.807) is 11.3 Å². The Balaban J connectivity index is 1.55. The first-order valence-corrected chi connectivity index (χ1v) is 10.8. The second-order valence-electron chi connectivity index (χ2n) is 7.53. The highest BCUT2D eigenvalue weighted by Gasteiger charge is 2.29. The third kappa shape index (κ3) is 2.80. The summed E-state index contributed by atoms with van der Waals surface area (Å²) in [5, 5.41) is 6.57. The lowest BCUT2D eigenvalue weighted by Gasteiger charge is -2.31. The van der Waals surface area contributed by atoms with E-state index >= 15 is 0 Å². The third-order valence-corrected chi connectivity index (χ3v) is 6.69. The molecular weight excluding hydrogens is 384 g/mol. The van der Waals surface area contributed by atoms with E-state index in [2.05, 4.69) is 17.2 Å². The highest BCUT2D eigenvalue weighted by Crippen LogP contribution is 2.26. The molecule has 0 bridgehead atoms. The van der Waals surface area contributed by atoms with Crippen LogP contribution < -0.4 is 5.56 Å². The Hall–Kier alpha value is -2.93. The van der Waals surface area contributed by atoms with E-state index in [0.717, 1.165) is 16.6 Å². The van der Waals surface area contributed by atoms with Crippen molar-refractivity contribution >= 4 is 33.0 Å². The Kier molecular flexibility index (Phi) is 4.28. The van der Waals surface area contributed by atoms with Gasteiger partial charge in [-0.3, -0.25) is 14.0 Å². The van der Waals surface area contributed by atoms with Gasteiger partial charge in [-0.05, 0) is 48.4 Å². The molecule has 148 valence electrons. The molecule has 0 saturated heterocycles. The van der Waals surface area contributed by atoms with E-state index in [1.807, 2.05) is 52.8 Å². The molecule has 0 N–H and O–H groups in total. The minimum Gasteiger partial charge on any atom is -0.336 e. The lowest BCUT2D eigenvalue weighted by atomic mass is 9.99. The van der Waals surface area contributed by atoms with Crippen molar-refractivity contribution in [1.29, 1.82) is 0 Å². The van der Waals surface area contributed by atoms with E-state index in [-0.39, 0.29) is 11.5 Å². The van der Waals surface area contributed by atoms with Crippen LogP contribution in [0.15, 0.2) is 46.6 Å². The van der Waals surface area contributed by atoms with Crippen LogP contribution >= 0.6 is 11.3 Å². The van der Waals surface area contributed by atoms with Gasteiger partial charge in [0.2, 0.25) is 5.91 Å². The van der Waals surface area contributed by atoms with Crippen LogP contribution in [0.1, 0.15) is 36.3 Å². The number of nitrogens with zero attached hydrogens (tertiary/aromatic N) is 4. The summed E-state index contributed by atoms with van der Waals surface area (Å²) in [4.78, 5) is 28.5. The van der Waals surface area contributed by atoms with Crippen molar-refractivity contribution in [2.24, 2.45) is 0 Å². The molecule has 1 amide bonds. The molecule has 29 heavy (non-hydrogen) atoms. The quantitative estimate of drug-likeness (QED) is 0.523. The number of hydrogen-bond donors (Lipinski definition) is 0. The molecule has 6 nitrogen and oxygen atoms in total. The van der Waals surface area contributed by atoms with Crippen molar-refractivity contribution in [2.75, 3.05) is 6.54 Å². The number of benzene rings is 1. The predicted molar refractivity (Wildman–Crippen MR) is 114 cm³/mol. The zero-order valence-electron chi connectivity index (χ0n) is 16.5. The number of fused-ring (bicyclic) bond motifs is 4. The van der Waals surface area contributed by atoms with Crippen molar-refractivity contribution in [3.8, 4) is 0 Å². The zero-order valence-corrected chi connectivity index (χ0v) is 17.3. The number of hydrogen-bond acceptors (Lipinski definition) is 4. The standard InChI is InChI=1S/C22H22N4O2S/c1-3-17(21(27)24-10-8-15-6-4-5-7-16(15)13-24)26-22(28)19-12-20-18(9-11-29-20)25(19)14(2)23-26/h4-7,9,11-12,17H,3,8,10,13H2,1-2H3/t17-/m0/s1. The van der Waals surface area contributed by atoms with Gasteiger partial charge in [0.1, 0.15) is 17.4 Å². The number of rotatable bonds is 3. The van der Waals surface area contributed by atoms with Crippen LogP contribution in [0, 0.1) is 6.92 Å². The SMILES string of the molecule is CC[C@@H](C(=O)N1CCc2ccccc2C1)n1nc(C)n2c(cc3sccc32)c1=O. The van der Waals surface area contributed by atoms with E-state index in [1.165, 1.54) is 15.8 Å². The minimum absolute atomic E-state index is 0.0336. The van der Waals surface area contributed by atoms with Gasteiger partial charge in [-0.25, -0.2) is 4.68 Å². The second-order valence-corrected chi connectivity index (χ2v) is 8.48. The van der Waals surface area contributed by atoms with Gasteiger partial charge >= 0.3 is 0 Å². The summed E-state index contributed by atoms with van der Waals surface area (Å²) in [6.45, 7) is 5.07. The number of aromatic nitrogens is 3. The maximum Gasteiger partial charge on any atom is 0.291 e. The fourth-order valence-corrected chi connectivity index (χ4v) is 5.16. The molecule has 7 heteroatoms. The van der Waals surface area contributed by atoms with Crippen molar-refractivity contribution in [3.63, 3.8) is 0 Å². The van der Waals surface area contributed by atoms with Gasteiger partial charge in [-0.15, -0.1) is 11.3 Å². The molecule has 0 unspecified atom stereocenters. The van der Waals surface area contributed by atoms with Crippen LogP contribution in [0.3, 0.4) is 0 Å². The van der Waals surface area contributed by atoms with Crippen molar-refractivity contribution < 1.29 is 4.79 Å². The summed E-state index contributed by atoms with van der Waals surface area (Å²) in [5.74, 6) is 0.678. The molecule has 3 aromatic heterocycles. The van der Waals surface area contributed by atoms with E-state index in [0.29, 0.717) is 30.9 Å². The average molecular weight is 407 g/mol. The maximum atomic E-state index is 13.4. The Morgan fingerprint density at radius 3 is 2.79 bits per heavy atom. The summed E-state index contributed by atoms with van der Waals surface area (Å²) >= 11 is 1.60. The molecule has 0 radical (unpaired) electrons. The first-order chi connectivity index (χ1) is 14.1. The predicted octanol–water partition coefficient (Wildman–Crippen LogP) is 3.56. The Morgan fingerprint density at radius 2 is 2.00 bits per heavy atom. The Morgan fingerprint density at radius 1 is 1.21 bits per heavy atom. The molecule has 0 saturated carbocycles. The van der Waals surface area contributed by atoms with Crippen molar-refractivity contribution in [2.45, 2.75) is 39.3 Å². The average Bonchev–Trinajstić information content (AvgIpc) is 3.33. The van der Waals surface area contributed by atoms with Gasteiger partial charge in [-0.1, -0.05) is 31.2 Å². The number of aryl methyl sites for hydroxylation is 1. The van der Waals surface area contributed by atoms with Crippen LogP contribution in [-0.2, 0) is 17.8 Å². The molecule has 1 atom stereocenters. The molecule has 0 aliphatic carbocycles. The molecule has 1 aliphatic rings. The summed E-state index contributed by atoms with van der Waals surface area (Å²) in [6, 6.07) is 11.5. The Bertz CT molecular complexity index is 1300. The van der Waals surface area contributed by atoms with Crippen molar-refractivity contribution in [3.05, 3.63) is 69.1 Å². The third-order valence-electron chi connectivity index (χ3n) is 5.84. The smallest absolute Gasteiger partial charge is 0.291 e. The van der Waals surface area contributed by atoms with Gasteiger partial charge in [-0.2, -0.15) is 5.10 Å². The van der Waals surface area contributed by atoms with E-state index in [4.69, 9.17) is 0 Å². The number of amides is 1. The van der Waals surface area contributed by atoms with Crippen LogP contribution in [0.5, 0.6) is 0 Å². The largest absolute Gasteiger partial charge is 0.336 e. The molecule has 0 spiro atoms. The summed E-state index contributed by atoms with van der Waals surface area (Å²) in [6.07, 6.45) is 1.36. The summed E-state index contributed by atoms with van der Waals surface area (Å²) in [5.41, 5.74) is 3.84. The van der Waals surface area contributed by atoms with Crippen LogP contribution in [0.4, 0.5) is 0 Å². The van der Waals surface area contributed by atoms with Crippen molar-refractivity contribution in [1.82, 2.24) is 19.1 Å². The van der Waals surface area contributed by atoms with Crippen LogP contribution in [0.25, 0.3) is 15.7 Å². The minimum atomic E-state index is -0.593. The van der Waals surface area contributed by atoms with Gasteiger partial charge in [0.15, 0.2) is 0 Å². The summed E-state index contributed by atoms with van der Waals surface area (Å²) in [7, 11) is 0. The zero-order chi connectivity index (χ0) is 20.1. The highest BCUT2D eigenvalue weighted by molar-refractivity contribution is 7.17. The molecule has 0 fully saturated rings. The molecule has 1 aromatic carbocycles. The normalized spacial score (nSPS) is 15.0. The van der Waals surface area contributed by atoms with Gasteiger partial charge in [0.25, 0.3) is 5.56 Å². The molecule has 5 rings (SSSR count). The van der Waals surface area contributed by atoms with E-state index in [9.17, 15) is 9.59 Å².